The summed E-state index contributed by atoms with van der Waals surface area (Å²) < 4.78 is 177. The number of hydrogen-bond acceptors (Lipinski definition) is 12. The topological polar surface area (TPSA) is 205 Å². The first-order valence-corrected chi connectivity index (χ1v) is 16.6. The summed E-state index contributed by atoms with van der Waals surface area (Å²) in [6.45, 7) is 0. The molecule has 0 unspecified atom stereocenters. The quantitative estimate of drug-likeness (QED) is 0.292. The van der Waals surface area contributed by atoms with E-state index in [4.69, 9.17) is 0 Å². The Bertz CT molecular complexity index is 1350. The van der Waals surface area contributed by atoms with E-state index in [0.29, 0.717) is 0 Å². The molecule has 0 saturated heterocycles. The van der Waals surface area contributed by atoms with Crippen molar-refractivity contribution in [2.75, 3.05) is 22.8 Å². The van der Waals surface area contributed by atoms with Gasteiger partial charge in [-0.1, -0.05) is 12.1 Å². The molecule has 1 aromatic rings. The number of benzene rings is 1. The molecule has 0 amide bonds. The third-order valence-corrected chi connectivity index (χ3v) is 8.42. The van der Waals surface area contributed by atoms with Crippen LogP contribution >= 0.6 is 0 Å². The Kier molecular flexibility index (Phi) is 12.1. The lowest BCUT2D eigenvalue weighted by atomic mass is 10.4. The monoisotopic (exact) mass is 612 g/mol. The first-order chi connectivity index (χ1) is 14.1. The van der Waals surface area contributed by atoms with Gasteiger partial charge in [-0.2, -0.15) is 42.1 Å². The zero-order chi connectivity index (χ0) is 27.1. The Morgan fingerprint density at radius 2 is 0.848 bits per heavy atom. The fraction of sp³-hybridized carbons (Fsp3) is 0.400. The summed E-state index contributed by atoms with van der Waals surface area (Å²) in [4.78, 5) is -1.34. The standard InChI is InChI=1S/C7H7FO4S2.C2H4F2O4S2.CH2F2O4S2/c1-13(9,10)6-4-2-3-5-7(6)14(8,11)12;3-9(5,6)1-2-10(4,7)8;2-8(4,5)1-9(3,6)7/h2-5H,1H3;1-2H2;1H2. The molecule has 0 aliphatic carbocycles. The summed E-state index contributed by atoms with van der Waals surface area (Å²) in [5, 5.41) is -2.10. The van der Waals surface area contributed by atoms with Gasteiger partial charge in [0, 0.05) is 6.26 Å². The van der Waals surface area contributed by atoms with Gasteiger partial charge in [0.15, 0.2) is 9.84 Å². The van der Waals surface area contributed by atoms with Crippen LogP contribution in [0.5, 0.6) is 0 Å². The van der Waals surface area contributed by atoms with Gasteiger partial charge in [-0.3, -0.25) is 0 Å². The van der Waals surface area contributed by atoms with E-state index >= 15 is 0 Å². The average molecular weight is 613 g/mol. The number of rotatable bonds is 7. The molecule has 0 aliphatic heterocycles. The molecule has 23 heteroatoms. The minimum Gasteiger partial charge on any atom is -0.224 e. The first-order valence-electron chi connectivity index (χ1n) is 7.07. The van der Waals surface area contributed by atoms with E-state index in [9.17, 15) is 69.9 Å². The van der Waals surface area contributed by atoms with Crippen molar-refractivity contribution < 1.29 is 69.9 Å². The summed E-state index contributed by atoms with van der Waals surface area (Å²) in [5.41, 5.74) is 0. The van der Waals surface area contributed by atoms with Crippen LogP contribution in [0.2, 0.25) is 0 Å². The molecule has 0 aliphatic rings. The lowest BCUT2D eigenvalue weighted by molar-refractivity contribution is 0.540. The molecule has 196 valence electrons. The molecule has 0 heterocycles. The zero-order valence-electron chi connectivity index (χ0n) is 15.7. The third kappa shape index (κ3) is 20.9. The van der Waals surface area contributed by atoms with Crippen LogP contribution in [0.25, 0.3) is 0 Å². The van der Waals surface area contributed by atoms with Crippen molar-refractivity contribution >= 4 is 61.0 Å². The number of sulfone groups is 1. The summed E-state index contributed by atoms with van der Waals surface area (Å²) >= 11 is 0. The summed E-state index contributed by atoms with van der Waals surface area (Å²) in [7, 11) is -29.0. The fourth-order valence-corrected chi connectivity index (χ4v) is 6.32. The Labute approximate surface area is 187 Å². The van der Waals surface area contributed by atoms with Crippen molar-refractivity contribution in [1.29, 1.82) is 0 Å². The second kappa shape index (κ2) is 11.8. The van der Waals surface area contributed by atoms with Crippen LogP contribution in [0.15, 0.2) is 34.1 Å². The Morgan fingerprint density at radius 1 is 0.545 bits per heavy atom. The van der Waals surface area contributed by atoms with E-state index in [2.05, 4.69) is 0 Å². The molecule has 0 fully saturated rings. The van der Waals surface area contributed by atoms with Crippen molar-refractivity contribution in [3.05, 3.63) is 24.3 Å². The zero-order valence-corrected chi connectivity index (χ0v) is 20.6. The van der Waals surface area contributed by atoms with Crippen LogP contribution in [0.1, 0.15) is 0 Å². The molecular formula is C10H13F5O12S6. The third-order valence-electron chi connectivity index (χ3n) is 2.36. The van der Waals surface area contributed by atoms with Gasteiger partial charge >= 0.3 is 51.1 Å². The van der Waals surface area contributed by atoms with Gasteiger partial charge in [-0.15, -0.1) is 19.4 Å². The molecule has 0 N–H and O–H groups in total. The average Bonchev–Trinajstić information content (AvgIpc) is 2.48. The molecule has 12 nitrogen and oxygen atoms in total. The highest BCUT2D eigenvalue weighted by Crippen LogP contribution is 2.21. The van der Waals surface area contributed by atoms with E-state index in [1.165, 1.54) is 12.1 Å². The minimum atomic E-state index is -5.24. The van der Waals surface area contributed by atoms with Gasteiger partial charge in [-0.05, 0) is 12.1 Å². The van der Waals surface area contributed by atoms with Gasteiger partial charge < -0.3 is 0 Å². The predicted molar refractivity (Wildman–Crippen MR) is 103 cm³/mol. The SMILES string of the molecule is CS(=O)(=O)c1ccccc1S(=O)(=O)F.O=S(=O)(F)CCS(=O)(=O)F.O=S(=O)(F)CS(=O)(=O)F. The highest BCUT2D eigenvalue weighted by atomic mass is 32.3. The van der Waals surface area contributed by atoms with Crippen molar-refractivity contribution in [2.45, 2.75) is 9.79 Å². The van der Waals surface area contributed by atoms with Crippen LogP contribution in [0.4, 0.5) is 19.4 Å². The molecule has 0 bridgehead atoms. The second-order valence-corrected chi connectivity index (χ2v) is 14.7. The second-order valence-electron chi connectivity index (χ2n) is 5.34. The highest BCUT2D eigenvalue weighted by molar-refractivity contribution is 8.03. The molecule has 1 rings (SSSR count). The summed E-state index contributed by atoms with van der Waals surface area (Å²) in [6.07, 6.45) is 0.816. The van der Waals surface area contributed by atoms with Crippen molar-refractivity contribution in [3.8, 4) is 0 Å². The Balaban J connectivity index is 0. The molecule has 1 aromatic carbocycles. The minimum absolute atomic E-state index is 0.525. The normalized spacial score (nSPS) is 13.2. The molecule has 0 spiro atoms. The maximum atomic E-state index is 12.6. The summed E-state index contributed by atoms with van der Waals surface area (Å²) in [6, 6.07) is 4.53. The van der Waals surface area contributed by atoms with Crippen LogP contribution in [0.3, 0.4) is 0 Å². The summed E-state index contributed by atoms with van der Waals surface area (Å²) in [5.74, 6) is -2.66. The van der Waals surface area contributed by atoms with E-state index in [0.717, 1.165) is 18.4 Å². The van der Waals surface area contributed by atoms with Gasteiger partial charge in [0.2, 0.25) is 5.08 Å². The Morgan fingerprint density at radius 3 is 1.00 bits per heavy atom. The molecular weight excluding hydrogens is 599 g/mol. The van der Waals surface area contributed by atoms with Crippen molar-refractivity contribution in [2.24, 2.45) is 0 Å². The van der Waals surface area contributed by atoms with Gasteiger partial charge in [0.25, 0.3) is 0 Å². The van der Waals surface area contributed by atoms with Gasteiger partial charge in [0.05, 0.1) is 16.4 Å². The van der Waals surface area contributed by atoms with Crippen LogP contribution in [-0.2, 0) is 61.0 Å². The Hall–Kier alpha value is -1.43. The molecule has 0 atom stereocenters. The van der Waals surface area contributed by atoms with E-state index in [1.54, 1.807) is 0 Å². The smallest absolute Gasteiger partial charge is 0.224 e. The van der Waals surface area contributed by atoms with Crippen LogP contribution in [-0.4, -0.2) is 73.4 Å². The highest BCUT2D eigenvalue weighted by Gasteiger charge is 2.22. The molecule has 0 saturated carbocycles. The number of halogens is 5. The fourth-order valence-electron chi connectivity index (χ4n) is 1.33. The largest absolute Gasteiger partial charge is 0.333 e. The van der Waals surface area contributed by atoms with E-state index in [-0.39, 0.29) is 0 Å². The van der Waals surface area contributed by atoms with Crippen LogP contribution < -0.4 is 0 Å². The lowest BCUT2D eigenvalue weighted by Crippen LogP contribution is -2.09. The maximum Gasteiger partial charge on any atom is 0.333 e. The number of hydrogen-bond donors (Lipinski definition) is 0. The molecule has 33 heavy (non-hydrogen) atoms. The van der Waals surface area contributed by atoms with E-state index < -0.39 is 87.3 Å². The maximum absolute atomic E-state index is 12.6. The first kappa shape index (κ1) is 33.7. The van der Waals surface area contributed by atoms with Crippen molar-refractivity contribution in [1.82, 2.24) is 0 Å². The predicted octanol–water partition coefficient (Wildman–Crippen LogP) is -0.124. The van der Waals surface area contributed by atoms with Gasteiger partial charge in [-0.25, -0.2) is 8.42 Å². The van der Waals surface area contributed by atoms with Crippen molar-refractivity contribution in [3.63, 3.8) is 0 Å². The molecule has 0 radical (unpaired) electrons. The van der Waals surface area contributed by atoms with Gasteiger partial charge in [0.1, 0.15) is 4.90 Å². The van der Waals surface area contributed by atoms with Crippen LogP contribution in [0, 0.1) is 0 Å². The lowest BCUT2D eigenvalue weighted by Gasteiger charge is -2.02. The molecule has 0 aromatic heterocycles. The van der Waals surface area contributed by atoms with E-state index in [1.807, 2.05) is 0 Å².